The van der Waals surface area contributed by atoms with Crippen LogP contribution in [0, 0.1) is 13.8 Å². The average molecular weight is 438 g/mol. The summed E-state index contributed by atoms with van der Waals surface area (Å²) in [7, 11) is 0. The van der Waals surface area contributed by atoms with Crippen molar-refractivity contribution in [1.82, 2.24) is 14.9 Å². The maximum Gasteiger partial charge on any atom is 0.438 e. The number of nitrogens with zero attached hydrogens (tertiary/aromatic N) is 2. The Morgan fingerprint density at radius 2 is 1.77 bits per heavy atom. The number of alkyl halides is 3. The molecule has 1 atom stereocenters. The predicted molar refractivity (Wildman–Crippen MR) is 108 cm³/mol. The average Bonchev–Trinajstić information content (AvgIpc) is 2.67. The minimum absolute atomic E-state index is 0.00220. The monoisotopic (exact) mass is 437 g/mol. The first-order chi connectivity index (χ1) is 14.0. The quantitative estimate of drug-likeness (QED) is 0.650. The highest BCUT2D eigenvalue weighted by Gasteiger charge is 2.38. The fourth-order valence-corrected chi connectivity index (χ4v) is 3.21. The van der Waals surface area contributed by atoms with Gasteiger partial charge in [-0.15, -0.1) is 0 Å². The SMILES string of the molecule is Cc1cc2nc(C(F)(F)F)c(=O)n([C@@H](C)C(=O)NCc3ccc(Cl)cc3)c2cc1C. The molecular weight excluding hydrogens is 419 g/mol. The van der Waals surface area contributed by atoms with Gasteiger partial charge in [0.2, 0.25) is 11.6 Å². The summed E-state index contributed by atoms with van der Waals surface area (Å²) in [4.78, 5) is 28.9. The van der Waals surface area contributed by atoms with Crippen LogP contribution in [-0.2, 0) is 17.5 Å². The molecule has 1 amide bonds. The number of carbonyl (C=O) groups is 1. The van der Waals surface area contributed by atoms with E-state index >= 15 is 0 Å². The van der Waals surface area contributed by atoms with Crippen molar-refractivity contribution in [2.75, 3.05) is 0 Å². The minimum Gasteiger partial charge on any atom is -0.350 e. The van der Waals surface area contributed by atoms with Crippen molar-refractivity contribution in [3.63, 3.8) is 0 Å². The first-order valence-corrected chi connectivity index (χ1v) is 9.49. The molecule has 158 valence electrons. The second kappa shape index (κ2) is 8.10. The Balaban J connectivity index is 2.04. The number of amides is 1. The van der Waals surface area contributed by atoms with E-state index in [-0.39, 0.29) is 17.6 Å². The van der Waals surface area contributed by atoms with Crippen molar-refractivity contribution >= 4 is 28.5 Å². The van der Waals surface area contributed by atoms with Crippen LogP contribution in [-0.4, -0.2) is 15.5 Å². The third-order valence-electron chi connectivity index (χ3n) is 4.92. The summed E-state index contributed by atoms with van der Waals surface area (Å²) in [6.07, 6.45) is -4.94. The van der Waals surface area contributed by atoms with Gasteiger partial charge in [0.05, 0.1) is 11.0 Å². The lowest BCUT2D eigenvalue weighted by atomic mass is 10.1. The molecule has 3 aromatic rings. The molecule has 0 spiro atoms. The largest absolute Gasteiger partial charge is 0.438 e. The number of rotatable bonds is 4. The van der Waals surface area contributed by atoms with E-state index in [0.29, 0.717) is 5.02 Å². The highest BCUT2D eigenvalue weighted by Crippen LogP contribution is 2.28. The summed E-state index contributed by atoms with van der Waals surface area (Å²) in [5.74, 6) is -0.592. The van der Waals surface area contributed by atoms with Crippen LogP contribution in [0.15, 0.2) is 41.2 Å². The van der Waals surface area contributed by atoms with Crippen molar-refractivity contribution in [3.8, 4) is 0 Å². The zero-order valence-corrected chi connectivity index (χ0v) is 17.2. The van der Waals surface area contributed by atoms with Crippen LogP contribution in [0.2, 0.25) is 5.02 Å². The van der Waals surface area contributed by atoms with Crippen LogP contribution in [0.1, 0.15) is 35.3 Å². The molecule has 0 aliphatic rings. The van der Waals surface area contributed by atoms with Crippen molar-refractivity contribution in [2.24, 2.45) is 0 Å². The maximum absolute atomic E-state index is 13.4. The van der Waals surface area contributed by atoms with Gasteiger partial charge in [0.25, 0.3) is 5.56 Å². The highest BCUT2D eigenvalue weighted by atomic mass is 35.5. The highest BCUT2D eigenvalue weighted by molar-refractivity contribution is 6.30. The molecular formula is C21H19ClF3N3O2. The van der Waals surface area contributed by atoms with Crippen LogP contribution < -0.4 is 10.9 Å². The van der Waals surface area contributed by atoms with E-state index in [9.17, 15) is 22.8 Å². The number of nitrogens with one attached hydrogen (secondary N) is 1. The van der Waals surface area contributed by atoms with Gasteiger partial charge >= 0.3 is 6.18 Å². The molecule has 0 aliphatic heterocycles. The predicted octanol–water partition coefficient (Wildman–Crippen LogP) is 4.56. The third-order valence-corrected chi connectivity index (χ3v) is 5.17. The van der Waals surface area contributed by atoms with Gasteiger partial charge < -0.3 is 5.32 Å². The first kappa shape index (κ1) is 21.8. The van der Waals surface area contributed by atoms with Gasteiger partial charge in [-0.3, -0.25) is 14.2 Å². The molecule has 0 bridgehead atoms. The number of aryl methyl sites for hydroxylation is 2. The number of hydrogen-bond donors (Lipinski definition) is 1. The van der Waals surface area contributed by atoms with Crippen LogP contribution in [0.5, 0.6) is 0 Å². The summed E-state index contributed by atoms with van der Waals surface area (Å²) in [6.45, 7) is 5.03. The molecule has 30 heavy (non-hydrogen) atoms. The summed E-state index contributed by atoms with van der Waals surface area (Å²) in [5, 5.41) is 3.19. The second-order valence-electron chi connectivity index (χ2n) is 7.08. The van der Waals surface area contributed by atoms with Crippen LogP contribution in [0.25, 0.3) is 11.0 Å². The first-order valence-electron chi connectivity index (χ1n) is 9.12. The van der Waals surface area contributed by atoms with Crippen molar-refractivity contribution in [3.05, 3.63) is 74.2 Å². The van der Waals surface area contributed by atoms with Gasteiger partial charge in [-0.1, -0.05) is 23.7 Å². The molecule has 1 N–H and O–H groups in total. The number of hydrogen-bond acceptors (Lipinski definition) is 3. The van der Waals surface area contributed by atoms with E-state index in [2.05, 4.69) is 10.3 Å². The molecule has 0 fully saturated rings. The standard InChI is InChI=1S/C21H19ClF3N3O2/c1-11-8-16-17(9-12(11)2)28(20(30)18(27-16)21(23,24)25)13(3)19(29)26-10-14-4-6-15(22)7-5-14/h4-9,13H,10H2,1-3H3,(H,26,29)/t13-/m0/s1. The fraction of sp³-hybridized carbons (Fsp3) is 0.286. The number of carbonyl (C=O) groups excluding carboxylic acids is 1. The molecule has 5 nitrogen and oxygen atoms in total. The topological polar surface area (TPSA) is 64.0 Å². The number of aromatic nitrogens is 2. The summed E-state index contributed by atoms with van der Waals surface area (Å²) < 4.78 is 41.1. The van der Waals surface area contributed by atoms with Crippen molar-refractivity contribution in [1.29, 1.82) is 0 Å². The Labute approximate surface area is 175 Å². The summed E-state index contributed by atoms with van der Waals surface area (Å²) >= 11 is 5.83. The Bertz CT molecular complexity index is 1170. The molecule has 2 aromatic carbocycles. The minimum atomic E-state index is -4.94. The van der Waals surface area contributed by atoms with Gasteiger partial charge in [-0.2, -0.15) is 13.2 Å². The lowest BCUT2D eigenvalue weighted by molar-refractivity contribution is -0.142. The Morgan fingerprint density at radius 1 is 1.17 bits per heavy atom. The lowest BCUT2D eigenvalue weighted by Crippen LogP contribution is -2.39. The summed E-state index contributed by atoms with van der Waals surface area (Å²) in [6, 6.07) is 8.63. The van der Waals surface area contributed by atoms with Gasteiger partial charge in [0.15, 0.2) is 0 Å². The number of fused-ring (bicyclic) bond motifs is 1. The zero-order chi connectivity index (χ0) is 22.2. The number of benzene rings is 2. The van der Waals surface area contributed by atoms with Gasteiger partial charge in [0, 0.05) is 11.6 Å². The Kier molecular flexibility index (Phi) is 5.90. The van der Waals surface area contributed by atoms with E-state index in [0.717, 1.165) is 21.3 Å². The van der Waals surface area contributed by atoms with Gasteiger partial charge in [-0.05, 0) is 61.7 Å². The van der Waals surface area contributed by atoms with Gasteiger partial charge in [-0.25, -0.2) is 4.98 Å². The van der Waals surface area contributed by atoms with E-state index in [1.165, 1.54) is 13.0 Å². The molecule has 0 saturated carbocycles. The van der Waals surface area contributed by atoms with Gasteiger partial charge in [0.1, 0.15) is 6.04 Å². The normalized spacial score (nSPS) is 12.8. The lowest BCUT2D eigenvalue weighted by Gasteiger charge is -2.20. The van der Waals surface area contributed by atoms with E-state index < -0.39 is 29.4 Å². The molecule has 0 saturated heterocycles. The molecule has 3 rings (SSSR count). The molecule has 1 aromatic heterocycles. The van der Waals surface area contributed by atoms with Crippen LogP contribution in [0.3, 0.4) is 0 Å². The van der Waals surface area contributed by atoms with Crippen LogP contribution >= 0.6 is 11.6 Å². The molecule has 0 radical (unpaired) electrons. The van der Waals surface area contributed by atoms with E-state index in [1.807, 2.05) is 0 Å². The zero-order valence-electron chi connectivity index (χ0n) is 16.5. The smallest absolute Gasteiger partial charge is 0.350 e. The van der Waals surface area contributed by atoms with Crippen molar-refractivity contribution < 1.29 is 18.0 Å². The fourth-order valence-electron chi connectivity index (χ4n) is 3.09. The van der Waals surface area contributed by atoms with E-state index in [4.69, 9.17) is 11.6 Å². The molecule has 1 heterocycles. The van der Waals surface area contributed by atoms with Crippen LogP contribution in [0.4, 0.5) is 13.2 Å². The summed E-state index contributed by atoms with van der Waals surface area (Å²) in [5.41, 5.74) is -0.468. The molecule has 9 heteroatoms. The maximum atomic E-state index is 13.4. The molecule has 0 aliphatic carbocycles. The molecule has 0 unspecified atom stereocenters. The Morgan fingerprint density at radius 3 is 2.37 bits per heavy atom. The third kappa shape index (κ3) is 4.33. The Hall–Kier alpha value is -2.87. The van der Waals surface area contributed by atoms with E-state index in [1.54, 1.807) is 44.2 Å². The van der Waals surface area contributed by atoms with Crippen molar-refractivity contribution in [2.45, 2.75) is 39.5 Å². The second-order valence-corrected chi connectivity index (χ2v) is 7.52. The number of halogens is 4.